The first-order valence-electron chi connectivity index (χ1n) is 9.03. The Morgan fingerprint density at radius 1 is 0.880 bits per heavy atom. The van der Waals surface area contributed by atoms with Crippen molar-refractivity contribution in [1.82, 2.24) is 10.1 Å². The molecule has 0 amide bonds. The van der Waals surface area contributed by atoms with Gasteiger partial charge in [-0.2, -0.15) is 10.1 Å². The number of hydrogen-bond donors (Lipinski definition) is 3. The Morgan fingerprint density at radius 3 is 1.92 bits per heavy atom. The number of ether oxygens (including phenoxy) is 1. The molecule has 0 aliphatic carbocycles. The van der Waals surface area contributed by atoms with Crippen molar-refractivity contribution in [1.29, 1.82) is 0 Å². The number of unbranched alkanes of at least 4 members (excludes halogenated alkanes) is 3. The number of aliphatic hydroxyl groups excluding tert-OH is 1. The molecule has 0 atom stereocenters. The highest BCUT2D eigenvalue weighted by Crippen LogP contribution is 2.47. The number of nitrogens with zero attached hydrogens (tertiary/aromatic N) is 2. The maximum Gasteiger partial charge on any atom is 0.136 e. The van der Waals surface area contributed by atoms with E-state index in [-0.39, 0.29) is 6.61 Å². The minimum absolute atomic E-state index is 0.251. The van der Waals surface area contributed by atoms with Crippen molar-refractivity contribution < 1.29 is 20.3 Å². The van der Waals surface area contributed by atoms with E-state index in [0.717, 1.165) is 37.0 Å². The van der Waals surface area contributed by atoms with Crippen molar-refractivity contribution in [2.75, 3.05) is 13.2 Å². The maximum atomic E-state index is 10.6. The number of hydroxylamine groups is 4. The predicted octanol–water partition coefficient (Wildman–Crippen LogP) is 3.57. The summed E-state index contributed by atoms with van der Waals surface area (Å²) in [6.07, 6.45) is 3.26. The highest BCUT2D eigenvalue weighted by atomic mass is 16.6. The van der Waals surface area contributed by atoms with E-state index >= 15 is 0 Å². The molecule has 2 rings (SSSR count). The molecule has 6 nitrogen and oxygen atoms in total. The molecule has 0 unspecified atom stereocenters. The van der Waals surface area contributed by atoms with Crippen LogP contribution < -0.4 is 4.74 Å². The molecule has 142 valence electrons. The van der Waals surface area contributed by atoms with E-state index in [0.29, 0.717) is 6.61 Å². The monoisotopic (exact) mass is 352 g/mol. The van der Waals surface area contributed by atoms with Gasteiger partial charge in [-0.25, -0.2) is 0 Å². The molecule has 1 aliphatic rings. The molecule has 1 aliphatic heterocycles. The van der Waals surface area contributed by atoms with E-state index < -0.39 is 17.2 Å². The lowest BCUT2D eigenvalue weighted by Gasteiger charge is -2.37. The Bertz CT molecular complexity index is 525. The van der Waals surface area contributed by atoms with Crippen LogP contribution in [0.5, 0.6) is 5.75 Å². The molecule has 25 heavy (non-hydrogen) atoms. The second kappa shape index (κ2) is 8.01. The third-order valence-corrected chi connectivity index (χ3v) is 5.61. The van der Waals surface area contributed by atoms with E-state index in [1.165, 1.54) is 10.1 Å². The predicted molar refractivity (Wildman–Crippen MR) is 95.6 cm³/mol. The first-order valence-corrected chi connectivity index (χ1v) is 9.03. The molecule has 6 heteroatoms. The van der Waals surface area contributed by atoms with E-state index in [2.05, 4.69) is 0 Å². The topological polar surface area (TPSA) is 76.4 Å². The SMILES string of the molecule is CC1(C)N(O)C(c2ccc(OCCCCCCO)cc2)N(O)C1(C)C. The minimum Gasteiger partial charge on any atom is -0.494 e. The van der Waals surface area contributed by atoms with E-state index in [1.807, 2.05) is 52.0 Å². The van der Waals surface area contributed by atoms with Crippen LogP contribution in [0.3, 0.4) is 0 Å². The third kappa shape index (κ3) is 3.99. The van der Waals surface area contributed by atoms with Crippen molar-refractivity contribution in [3.63, 3.8) is 0 Å². The zero-order chi connectivity index (χ0) is 18.7. The fraction of sp³-hybridized carbons (Fsp3) is 0.684. The molecule has 0 aromatic heterocycles. The maximum absolute atomic E-state index is 10.6. The highest BCUT2D eigenvalue weighted by Gasteiger charge is 2.58. The first kappa shape index (κ1) is 20.1. The number of rotatable bonds is 8. The lowest BCUT2D eigenvalue weighted by atomic mass is 9.84. The lowest BCUT2D eigenvalue weighted by molar-refractivity contribution is -0.223. The van der Waals surface area contributed by atoms with Crippen LogP contribution in [-0.2, 0) is 0 Å². The van der Waals surface area contributed by atoms with Crippen molar-refractivity contribution in [3.8, 4) is 5.75 Å². The van der Waals surface area contributed by atoms with Crippen LogP contribution in [0.25, 0.3) is 0 Å². The number of aliphatic hydroxyl groups is 1. The average molecular weight is 352 g/mol. The smallest absolute Gasteiger partial charge is 0.136 e. The van der Waals surface area contributed by atoms with Gasteiger partial charge in [0.2, 0.25) is 0 Å². The van der Waals surface area contributed by atoms with Crippen molar-refractivity contribution in [2.24, 2.45) is 0 Å². The standard InChI is InChI=1S/C19H32N2O4/c1-18(2)19(3,4)21(24)17(20(18)23)15-9-11-16(12-10-15)25-14-8-6-5-7-13-22/h9-12,17,22-24H,5-8,13-14H2,1-4H3. The molecule has 0 saturated carbocycles. The summed E-state index contributed by atoms with van der Waals surface area (Å²) >= 11 is 0. The first-order chi connectivity index (χ1) is 11.7. The molecule has 1 fully saturated rings. The van der Waals surface area contributed by atoms with Gasteiger partial charge in [0, 0.05) is 6.61 Å². The van der Waals surface area contributed by atoms with Gasteiger partial charge in [0.25, 0.3) is 0 Å². The van der Waals surface area contributed by atoms with Gasteiger partial charge in [0.15, 0.2) is 0 Å². The summed E-state index contributed by atoms with van der Waals surface area (Å²) < 4.78 is 5.72. The van der Waals surface area contributed by atoms with Crippen LogP contribution >= 0.6 is 0 Å². The Hall–Kier alpha value is -1.18. The fourth-order valence-corrected chi connectivity index (χ4v) is 3.05. The van der Waals surface area contributed by atoms with Crippen molar-refractivity contribution >= 4 is 0 Å². The normalized spacial score (nSPS) is 20.9. The molecule has 3 N–H and O–H groups in total. The van der Waals surface area contributed by atoms with Crippen LogP contribution in [0.4, 0.5) is 0 Å². The number of hydrogen-bond acceptors (Lipinski definition) is 6. The number of benzene rings is 1. The Morgan fingerprint density at radius 2 is 1.40 bits per heavy atom. The van der Waals surface area contributed by atoms with Crippen LogP contribution in [0.2, 0.25) is 0 Å². The quantitative estimate of drug-likeness (QED) is 0.621. The summed E-state index contributed by atoms with van der Waals surface area (Å²) in [5.41, 5.74) is -0.397. The molecule has 1 saturated heterocycles. The van der Waals surface area contributed by atoms with Crippen LogP contribution in [0, 0.1) is 0 Å². The van der Waals surface area contributed by atoms with Crippen molar-refractivity contribution in [2.45, 2.75) is 70.6 Å². The van der Waals surface area contributed by atoms with E-state index in [1.54, 1.807) is 0 Å². The largest absolute Gasteiger partial charge is 0.494 e. The lowest BCUT2D eigenvalue weighted by Crippen LogP contribution is -2.52. The molecule has 1 aromatic rings. The molecule has 1 heterocycles. The molecule has 0 radical (unpaired) electrons. The van der Waals surface area contributed by atoms with E-state index in [9.17, 15) is 10.4 Å². The van der Waals surface area contributed by atoms with Gasteiger partial charge in [-0.05, 0) is 64.7 Å². The molecule has 0 spiro atoms. The highest BCUT2D eigenvalue weighted by molar-refractivity contribution is 5.30. The van der Waals surface area contributed by atoms with Gasteiger partial charge in [-0.15, -0.1) is 0 Å². The Labute approximate surface area is 150 Å². The average Bonchev–Trinajstić information content (AvgIpc) is 2.69. The third-order valence-electron chi connectivity index (χ3n) is 5.61. The summed E-state index contributed by atoms with van der Waals surface area (Å²) in [6.45, 7) is 8.53. The summed E-state index contributed by atoms with van der Waals surface area (Å²) in [5, 5.41) is 32.3. The van der Waals surface area contributed by atoms with Crippen molar-refractivity contribution in [3.05, 3.63) is 29.8 Å². The summed E-state index contributed by atoms with van der Waals surface area (Å²) in [4.78, 5) is 0. The van der Waals surface area contributed by atoms with E-state index in [4.69, 9.17) is 9.84 Å². The van der Waals surface area contributed by atoms with Gasteiger partial charge >= 0.3 is 0 Å². The summed E-state index contributed by atoms with van der Waals surface area (Å²) in [5.74, 6) is 0.774. The minimum atomic E-state index is -0.613. The van der Waals surface area contributed by atoms with Gasteiger partial charge < -0.3 is 20.3 Å². The summed E-state index contributed by atoms with van der Waals surface area (Å²) in [6, 6.07) is 7.47. The second-order valence-electron chi connectivity index (χ2n) is 7.74. The van der Waals surface area contributed by atoms with Gasteiger partial charge in [0.05, 0.1) is 17.7 Å². The second-order valence-corrected chi connectivity index (χ2v) is 7.74. The zero-order valence-corrected chi connectivity index (χ0v) is 15.8. The fourth-order valence-electron chi connectivity index (χ4n) is 3.05. The summed E-state index contributed by atoms with van der Waals surface area (Å²) in [7, 11) is 0. The molecule has 0 bridgehead atoms. The van der Waals surface area contributed by atoms with Gasteiger partial charge in [-0.1, -0.05) is 18.6 Å². The Kier molecular flexibility index (Phi) is 6.45. The molecular weight excluding hydrogens is 320 g/mol. The van der Waals surface area contributed by atoms with Gasteiger partial charge in [0.1, 0.15) is 11.9 Å². The van der Waals surface area contributed by atoms with Gasteiger partial charge in [-0.3, -0.25) is 0 Å². The molecular formula is C19H32N2O4. The Balaban J connectivity index is 1.96. The van der Waals surface area contributed by atoms with Crippen LogP contribution in [0.1, 0.15) is 65.1 Å². The van der Waals surface area contributed by atoms with Crippen LogP contribution in [0.15, 0.2) is 24.3 Å². The zero-order valence-electron chi connectivity index (χ0n) is 15.8. The molecule has 1 aromatic carbocycles. The van der Waals surface area contributed by atoms with Crippen LogP contribution in [-0.4, -0.2) is 49.9 Å².